The highest BCUT2D eigenvalue weighted by molar-refractivity contribution is 6.30. The standard InChI is InChI=1S/C9H10ClF2N/c1-13-3-2-6-4-9(12)7(10)5-8(6)11/h4-5,13H,2-3H2,1H3. The normalized spacial score (nSPS) is 10.5. The fourth-order valence-corrected chi connectivity index (χ4v) is 1.17. The Bertz CT molecular complexity index is 302. The van der Waals surface area contributed by atoms with Crippen molar-refractivity contribution in [2.75, 3.05) is 13.6 Å². The lowest BCUT2D eigenvalue weighted by atomic mass is 10.1. The van der Waals surface area contributed by atoms with Crippen LogP contribution in [0.4, 0.5) is 8.78 Å². The molecule has 0 atom stereocenters. The number of hydrogen-bond donors (Lipinski definition) is 1. The van der Waals surface area contributed by atoms with Gasteiger partial charge in [0.15, 0.2) is 0 Å². The summed E-state index contributed by atoms with van der Waals surface area (Å²) in [6.45, 7) is 0.609. The van der Waals surface area contributed by atoms with E-state index in [9.17, 15) is 8.78 Å². The summed E-state index contributed by atoms with van der Waals surface area (Å²) in [6, 6.07) is 2.14. The van der Waals surface area contributed by atoms with Gasteiger partial charge in [0, 0.05) is 0 Å². The summed E-state index contributed by atoms with van der Waals surface area (Å²) in [5, 5.41) is 2.68. The highest BCUT2D eigenvalue weighted by Crippen LogP contribution is 2.19. The summed E-state index contributed by atoms with van der Waals surface area (Å²) in [7, 11) is 1.75. The van der Waals surface area contributed by atoms with E-state index in [0.29, 0.717) is 18.5 Å². The molecule has 0 aromatic heterocycles. The van der Waals surface area contributed by atoms with Crippen molar-refractivity contribution in [3.63, 3.8) is 0 Å². The van der Waals surface area contributed by atoms with Gasteiger partial charge >= 0.3 is 0 Å². The Morgan fingerprint density at radius 2 is 2.00 bits per heavy atom. The van der Waals surface area contributed by atoms with Gasteiger partial charge in [0.05, 0.1) is 5.02 Å². The fraction of sp³-hybridized carbons (Fsp3) is 0.333. The molecule has 0 heterocycles. The van der Waals surface area contributed by atoms with E-state index in [1.165, 1.54) is 0 Å². The average Bonchev–Trinajstić information content (AvgIpc) is 2.09. The summed E-state index contributed by atoms with van der Waals surface area (Å²) < 4.78 is 25.9. The van der Waals surface area contributed by atoms with Crippen LogP contribution in [-0.2, 0) is 6.42 Å². The Labute approximate surface area is 80.7 Å². The molecular weight excluding hydrogens is 196 g/mol. The van der Waals surface area contributed by atoms with Gasteiger partial charge in [-0.05, 0) is 37.7 Å². The predicted molar refractivity (Wildman–Crippen MR) is 49.0 cm³/mol. The second-order valence-corrected chi connectivity index (χ2v) is 3.12. The van der Waals surface area contributed by atoms with E-state index in [1.807, 2.05) is 0 Å². The molecule has 0 bridgehead atoms. The van der Waals surface area contributed by atoms with Gasteiger partial charge in [-0.2, -0.15) is 0 Å². The molecule has 1 rings (SSSR count). The molecule has 1 aromatic rings. The zero-order valence-electron chi connectivity index (χ0n) is 7.20. The molecule has 0 aliphatic heterocycles. The summed E-state index contributed by atoms with van der Waals surface area (Å²) >= 11 is 5.39. The van der Waals surface area contributed by atoms with Crippen molar-refractivity contribution in [1.29, 1.82) is 0 Å². The lowest BCUT2D eigenvalue weighted by molar-refractivity contribution is 0.582. The van der Waals surface area contributed by atoms with Crippen LogP contribution in [0.2, 0.25) is 5.02 Å². The van der Waals surface area contributed by atoms with Gasteiger partial charge in [-0.1, -0.05) is 11.6 Å². The number of halogens is 3. The van der Waals surface area contributed by atoms with Crippen molar-refractivity contribution >= 4 is 11.6 Å². The third-order valence-electron chi connectivity index (χ3n) is 1.73. The minimum absolute atomic E-state index is 0.175. The van der Waals surface area contributed by atoms with Gasteiger partial charge in [-0.15, -0.1) is 0 Å². The lowest BCUT2D eigenvalue weighted by Crippen LogP contribution is -2.11. The molecule has 0 saturated carbocycles. The maximum Gasteiger partial charge on any atom is 0.142 e. The molecule has 0 radical (unpaired) electrons. The highest BCUT2D eigenvalue weighted by Gasteiger charge is 2.07. The van der Waals surface area contributed by atoms with E-state index in [0.717, 1.165) is 12.1 Å². The molecule has 0 aliphatic carbocycles. The molecule has 0 fully saturated rings. The predicted octanol–water partition coefficient (Wildman–Crippen LogP) is 2.38. The van der Waals surface area contributed by atoms with Crippen molar-refractivity contribution < 1.29 is 8.78 Å². The SMILES string of the molecule is CNCCc1cc(F)c(Cl)cc1F. The van der Waals surface area contributed by atoms with Crippen LogP contribution in [0.15, 0.2) is 12.1 Å². The van der Waals surface area contributed by atoms with Crippen molar-refractivity contribution in [1.82, 2.24) is 5.32 Å². The Morgan fingerprint density at radius 3 is 2.62 bits per heavy atom. The van der Waals surface area contributed by atoms with Crippen LogP contribution in [0.5, 0.6) is 0 Å². The molecule has 0 unspecified atom stereocenters. The van der Waals surface area contributed by atoms with E-state index in [4.69, 9.17) is 11.6 Å². The number of likely N-dealkylation sites (N-methyl/N-ethyl adjacent to an activating group) is 1. The molecule has 1 aromatic carbocycles. The van der Waals surface area contributed by atoms with Crippen LogP contribution in [0, 0.1) is 11.6 Å². The smallest absolute Gasteiger partial charge is 0.142 e. The first-order chi connectivity index (χ1) is 6.15. The average molecular weight is 206 g/mol. The Balaban J connectivity index is 2.88. The lowest BCUT2D eigenvalue weighted by Gasteiger charge is -2.03. The van der Waals surface area contributed by atoms with Crippen LogP contribution in [0.1, 0.15) is 5.56 Å². The molecule has 13 heavy (non-hydrogen) atoms. The van der Waals surface area contributed by atoms with Crippen molar-refractivity contribution in [3.8, 4) is 0 Å². The number of nitrogens with one attached hydrogen (secondary N) is 1. The third-order valence-corrected chi connectivity index (χ3v) is 2.02. The van der Waals surface area contributed by atoms with E-state index in [2.05, 4.69) is 5.32 Å². The van der Waals surface area contributed by atoms with Gasteiger partial charge in [-0.25, -0.2) is 8.78 Å². The topological polar surface area (TPSA) is 12.0 Å². The second kappa shape index (κ2) is 4.53. The Morgan fingerprint density at radius 1 is 1.31 bits per heavy atom. The quantitative estimate of drug-likeness (QED) is 0.748. The maximum atomic E-state index is 13.1. The van der Waals surface area contributed by atoms with Crippen LogP contribution in [-0.4, -0.2) is 13.6 Å². The first kappa shape index (κ1) is 10.4. The molecule has 0 saturated heterocycles. The van der Waals surface area contributed by atoms with Crippen LogP contribution < -0.4 is 5.32 Å². The number of benzene rings is 1. The molecule has 0 spiro atoms. The van der Waals surface area contributed by atoms with E-state index in [-0.39, 0.29) is 5.02 Å². The minimum Gasteiger partial charge on any atom is -0.319 e. The van der Waals surface area contributed by atoms with Crippen LogP contribution in [0.3, 0.4) is 0 Å². The molecule has 0 aliphatic rings. The van der Waals surface area contributed by atoms with Gasteiger partial charge in [0.2, 0.25) is 0 Å². The monoisotopic (exact) mass is 205 g/mol. The largest absolute Gasteiger partial charge is 0.319 e. The first-order valence-corrected chi connectivity index (χ1v) is 4.31. The summed E-state index contributed by atoms with van der Waals surface area (Å²) in [5.41, 5.74) is 0.344. The molecule has 72 valence electrons. The zero-order valence-corrected chi connectivity index (χ0v) is 7.96. The number of rotatable bonds is 3. The summed E-state index contributed by atoms with van der Waals surface area (Å²) in [6.07, 6.45) is 0.455. The Kier molecular flexibility index (Phi) is 3.63. The van der Waals surface area contributed by atoms with Gasteiger partial charge in [0.25, 0.3) is 0 Å². The first-order valence-electron chi connectivity index (χ1n) is 3.93. The van der Waals surface area contributed by atoms with E-state index in [1.54, 1.807) is 7.05 Å². The highest BCUT2D eigenvalue weighted by atomic mass is 35.5. The second-order valence-electron chi connectivity index (χ2n) is 2.71. The van der Waals surface area contributed by atoms with Gasteiger partial charge < -0.3 is 5.32 Å². The van der Waals surface area contributed by atoms with Crippen molar-refractivity contribution in [3.05, 3.63) is 34.4 Å². The molecule has 0 amide bonds. The molecular formula is C9H10ClF2N. The van der Waals surface area contributed by atoms with E-state index >= 15 is 0 Å². The summed E-state index contributed by atoms with van der Waals surface area (Å²) in [5.74, 6) is -1.03. The molecule has 1 nitrogen and oxygen atoms in total. The molecule has 4 heteroatoms. The van der Waals surface area contributed by atoms with Gasteiger partial charge in [0.1, 0.15) is 11.6 Å². The summed E-state index contributed by atoms with van der Waals surface area (Å²) in [4.78, 5) is 0. The minimum atomic E-state index is -0.575. The number of hydrogen-bond acceptors (Lipinski definition) is 1. The van der Waals surface area contributed by atoms with Crippen molar-refractivity contribution in [2.24, 2.45) is 0 Å². The molecule has 1 N–H and O–H groups in total. The van der Waals surface area contributed by atoms with Gasteiger partial charge in [-0.3, -0.25) is 0 Å². The van der Waals surface area contributed by atoms with Crippen LogP contribution >= 0.6 is 11.6 Å². The van der Waals surface area contributed by atoms with Crippen molar-refractivity contribution in [2.45, 2.75) is 6.42 Å². The fourth-order valence-electron chi connectivity index (χ4n) is 1.02. The maximum absolute atomic E-state index is 13.1. The zero-order chi connectivity index (χ0) is 9.84. The Hall–Kier alpha value is -0.670. The van der Waals surface area contributed by atoms with E-state index < -0.39 is 11.6 Å². The van der Waals surface area contributed by atoms with Crippen LogP contribution in [0.25, 0.3) is 0 Å². The third kappa shape index (κ3) is 2.64.